The maximum atomic E-state index is 11.5. The summed E-state index contributed by atoms with van der Waals surface area (Å²) in [5, 5.41) is 0. The van der Waals surface area contributed by atoms with Crippen molar-refractivity contribution in [2.75, 3.05) is 7.11 Å². The highest BCUT2D eigenvalue weighted by molar-refractivity contribution is 6.38. The predicted octanol–water partition coefficient (Wildman–Crippen LogP) is 1.50. The van der Waals surface area contributed by atoms with Crippen molar-refractivity contribution in [2.45, 2.75) is 37.7 Å². The number of hydrogen-bond acceptors (Lipinski definition) is 4. The number of rotatable bonds is 2. The zero-order valence-electron chi connectivity index (χ0n) is 9.30. The average molecular weight is 235 g/mol. The number of halogens is 1. The van der Waals surface area contributed by atoms with Crippen LogP contribution in [0.25, 0.3) is 0 Å². The Morgan fingerprint density at radius 1 is 1.40 bits per heavy atom. The number of carbonyl (C=O) groups excluding carboxylic acids is 2. The molecule has 2 atom stereocenters. The van der Waals surface area contributed by atoms with Crippen molar-refractivity contribution >= 4 is 23.5 Å². The van der Waals surface area contributed by atoms with Gasteiger partial charge in [-0.1, -0.05) is 0 Å². The van der Waals surface area contributed by atoms with Crippen molar-refractivity contribution in [1.82, 2.24) is 0 Å². The number of alkyl halides is 1. The van der Waals surface area contributed by atoms with Crippen LogP contribution in [0.3, 0.4) is 0 Å². The highest BCUT2D eigenvalue weighted by Crippen LogP contribution is 2.51. The van der Waals surface area contributed by atoms with Crippen LogP contribution in [0.1, 0.15) is 27.2 Å². The maximum absolute atomic E-state index is 11.5. The molecule has 1 saturated carbocycles. The van der Waals surface area contributed by atoms with Crippen LogP contribution in [-0.2, 0) is 19.1 Å². The highest BCUT2D eigenvalue weighted by atomic mass is 35.5. The van der Waals surface area contributed by atoms with Crippen LogP contribution in [0.2, 0.25) is 0 Å². The first-order valence-corrected chi connectivity index (χ1v) is 5.08. The lowest BCUT2D eigenvalue weighted by atomic mass is 10.2. The Bertz CT molecular complexity index is 294. The summed E-state index contributed by atoms with van der Waals surface area (Å²) in [6.07, 6.45) is 0.288. The van der Waals surface area contributed by atoms with Crippen LogP contribution in [-0.4, -0.2) is 29.5 Å². The predicted molar refractivity (Wildman–Crippen MR) is 54.6 cm³/mol. The van der Waals surface area contributed by atoms with E-state index >= 15 is 0 Å². The second kappa shape index (κ2) is 3.67. The minimum absolute atomic E-state index is 0.288. The first-order chi connectivity index (χ1) is 6.70. The van der Waals surface area contributed by atoms with E-state index in [1.807, 2.05) is 0 Å². The van der Waals surface area contributed by atoms with E-state index in [4.69, 9.17) is 16.3 Å². The van der Waals surface area contributed by atoms with Gasteiger partial charge < -0.3 is 9.47 Å². The van der Waals surface area contributed by atoms with Crippen molar-refractivity contribution in [3.63, 3.8) is 0 Å². The highest BCUT2D eigenvalue weighted by Gasteiger charge is 2.65. The molecule has 0 radical (unpaired) electrons. The van der Waals surface area contributed by atoms with Gasteiger partial charge in [0.2, 0.25) is 0 Å². The van der Waals surface area contributed by atoms with E-state index in [1.54, 1.807) is 20.8 Å². The minimum atomic E-state index is -1.20. The molecule has 1 rings (SSSR count). The summed E-state index contributed by atoms with van der Waals surface area (Å²) in [5.41, 5.74) is -0.562. The van der Waals surface area contributed by atoms with Crippen molar-refractivity contribution in [1.29, 1.82) is 0 Å². The fourth-order valence-corrected chi connectivity index (χ4v) is 1.60. The lowest BCUT2D eigenvalue weighted by molar-refractivity contribution is -0.158. The summed E-state index contributed by atoms with van der Waals surface area (Å²) in [4.78, 5) is 21.6. The van der Waals surface area contributed by atoms with Gasteiger partial charge in [0.25, 0.3) is 0 Å². The van der Waals surface area contributed by atoms with Gasteiger partial charge in [-0.2, -0.15) is 0 Å². The molecule has 1 aliphatic carbocycles. The SMILES string of the molecule is COC(=O)[C@@]1(Cl)C[C@@H]1C(=O)OC(C)(C)C. The molecule has 1 fully saturated rings. The summed E-state index contributed by atoms with van der Waals surface area (Å²) in [5.74, 6) is -1.59. The first kappa shape index (κ1) is 12.3. The molecule has 1 aliphatic rings. The number of carbonyl (C=O) groups is 2. The standard InChI is InChI=1S/C10H15ClO4/c1-9(2,3)15-7(12)6-5-10(6,11)8(13)14-4/h6H,5H2,1-4H3/t6-,10-/m1/s1. The maximum Gasteiger partial charge on any atom is 0.327 e. The molecule has 0 aromatic carbocycles. The Balaban J connectivity index is 2.57. The summed E-state index contributed by atoms with van der Waals surface area (Å²) in [6, 6.07) is 0. The van der Waals surface area contributed by atoms with E-state index < -0.39 is 28.3 Å². The lowest BCUT2D eigenvalue weighted by Crippen LogP contribution is -2.29. The topological polar surface area (TPSA) is 52.6 Å². The zero-order valence-corrected chi connectivity index (χ0v) is 10.1. The molecule has 0 N–H and O–H groups in total. The number of ether oxygens (including phenoxy) is 2. The molecular weight excluding hydrogens is 220 g/mol. The van der Waals surface area contributed by atoms with E-state index in [1.165, 1.54) is 7.11 Å². The number of esters is 2. The van der Waals surface area contributed by atoms with E-state index in [-0.39, 0.29) is 6.42 Å². The van der Waals surface area contributed by atoms with E-state index in [2.05, 4.69) is 4.74 Å². The van der Waals surface area contributed by atoms with Crippen molar-refractivity contribution in [2.24, 2.45) is 5.92 Å². The van der Waals surface area contributed by atoms with E-state index in [9.17, 15) is 9.59 Å². The quantitative estimate of drug-likeness (QED) is 0.537. The van der Waals surface area contributed by atoms with Gasteiger partial charge in [0, 0.05) is 0 Å². The van der Waals surface area contributed by atoms with Gasteiger partial charge >= 0.3 is 11.9 Å². The monoisotopic (exact) mass is 234 g/mol. The summed E-state index contributed by atoms with van der Waals surface area (Å²) >= 11 is 5.91. The molecule has 86 valence electrons. The molecular formula is C10H15ClO4. The molecule has 5 heteroatoms. The second-order valence-corrected chi connectivity index (χ2v) is 5.32. The third-order valence-corrected chi connectivity index (χ3v) is 2.68. The Morgan fingerprint density at radius 3 is 2.33 bits per heavy atom. The third kappa shape index (κ3) is 2.62. The first-order valence-electron chi connectivity index (χ1n) is 4.71. The molecule has 0 unspecified atom stereocenters. The van der Waals surface area contributed by atoms with E-state index in [0.29, 0.717) is 0 Å². The molecule has 0 aromatic heterocycles. The molecule has 0 amide bonds. The Kier molecular flexibility index (Phi) is 3.01. The van der Waals surface area contributed by atoms with Crippen LogP contribution in [0.5, 0.6) is 0 Å². The molecule has 0 aromatic rings. The summed E-state index contributed by atoms with van der Waals surface area (Å²) < 4.78 is 9.63. The van der Waals surface area contributed by atoms with Crippen molar-refractivity contribution in [3.8, 4) is 0 Å². The number of hydrogen-bond donors (Lipinski definition) is 0. The Labute approximate surface area is 93.9 Å². The van der Waals surface area contributed by atoms with Crippen molar-refractivity contribution in [3.05, 3.63) is 0 Å². The van der Waals surface area contributed by atoms with Crippen LogP contribution in [0.15, 0.2) is 0 Å². The normalized spacial score (nSPS) is 29.5. The smallest absolute Gasteiger partial charge is 0.327 e. The lowest BCUT2D eigenvalue weighted by Gasteiger charge is -2.19. The Morgan fingerprint density at radius 2 is 1.93 bits per heavy atom. The van der Waals surface area contributed by atoms with Gasteiger partial charge in [0.05, 0.1) is 13.0 Å². The van der Waals surface area contributed by atoms with Gasteiger partial charge in [-0.25, -0.2) is 0 Å². The average Bonchev–Trinajstić information content (AvgIpc) is 2.75. The molecule has 0 aliphatic heterocycles. The fraction of sp³-hybridized carbons (Fsp3) is 0.800. The van der Waals surface area contributed by atoms with Crippen LogP contribution in [0.4, 0.5) is 0 Å². The summed E-state index contributed by atoms with van der Waals surface area (Å²) in [7, 11) is 1.25. The van der Waals surface area contributed by atoms with Gasteiger partial charge in [-0.05, 0) is 27.2 Å². The molecule has 4 nitrogen and oxygen atoms in total. The van der Waals surface area contributed by atoms with Crippen LogP contribution < -0.4 is 0 Å². The zero-order chi connectivity index (χ0) is 11.9. The largest absolute Gasteiger partial charge is 0.468 e. The molecule has 0 bridgehead atoms. The molecule has 0 saturated heterocycles. The van der Waals surface area contributed by atoms with Crippen LogP contribution >= 0.6 is 11.6 Å². The van der Waals surface area contributed by atoms with Gasteiger partial charge in [-0.3, -0.25) is 9.59 Å². The van der Waals surface area contributed by atoms with Crippen molar-refractivity contribution < 1.29 is 19.1 Å². The third-order valence-electron chi connectivity index (χ3n) is 2.11. The minimum Gasteiger partial charge on any atom is -0.468 e. The summed E-state index contributed by atoms with van der Waals surface area (Å²) in [6.45, 7) is 5.30. The molecule has 0 heterocycles. The Hall–Kier alpha value is -0.770. The van der Waals surface area contributed by atoms with Crippen LogP contribution in [0, 0.1) is 5.92 Å². The van der Waals surface area contributed by atoms with Gasteiger partial charge in [0.15, 0.2) is 4.87 Å². The van der Waals surface area contributed by atoms with Gasteiger partial charge in [-0.15, -0.1) is 11.6 Å². The fourth-order valence-electron chi connectivity index (χ4n) is 1.28. The molecule has 0 spiro atoms. The number of methoxy groups -OCH3 is 1. The van der Waals surface area contributed by atoms with E-state index in [0.717, 1.165) is 0 Å². The van der Waals surface area contributed by atoms with Gasteiger partial charge in [0.1, 0.15) is 5.60 Å². The second-order valence-electron chi connectivity index (χ2n) is 4.64. The molecule has 15 heavy (non-hydrogen) atoms.